The van der Waals surface area contributed by atoms with Crippen molar-refractivity contribution in [2.24, 2.45) is 0 Å². The Bertz CT molecular complexity index is 27.0. The molecular formula is O2SiSn. The Hall–Kier alpha value is 0.616. The Balaban J connectivity index is 0. The zero-order valence-corrected chi connectivity index (χ0v) is 5.67. The third-order valence-corrected chi connectivity index (χ3v) is 0. The minimum Gasteiger partial charge on any atom is -0.274 e. The van der Waals surface area contributed by atoms with E-state index in [9.17, 15) is 0 Å². The molecule has 0 fully saturated rings. The van der Waals surface area contributed by atoms with Crippen LogP contribution in [0, 0.1) is 0 Å². The first-order chi connectivity index (χ1) is 1.41. The van der Waals surface area contributed by atoms with Crippen LogP contribution in [0.1, 0.15) is 0 Å². The minimum absolute atomic E-state index is 0. The SMILES string of the molecule is O=[Si]=O.[Sn]. The first-order valence-electron chi connectivity index (χ1n) is 0.408. The van der Waals surface area contributed by atoms with Crippen LogP contribution < -0.4 is 0 Å². The Morgan fingerprint density at radius 1 is 1.25 bits per heavy atom. The fraction of sp³-hybridized carbons (Fsp3) is 0. The summed E-state index contributed by atoms with van der Waals surface area (Å²) >= 11 is 0. The van der Waals surface area contributed by atoms with Gasteiger partial charge >= 0.3 is 9.29 Å². The summed E-state index contributed by atoms with van der Waals surface area (Å²) in [5, 5.41) is 0. The van der Waals surface area contributed by atoms with E-state index in [2.05, 4.69) is 0 Å². The molecule has 0 aromatic rings. The van der Waals surface area contributed by atoms with Crippen LogP contribution in [0.25, 0.3) is 0 Å². The van der Waals surface area contributed by atoms with Crippen LogP contribution in [-0.2, 0) is 8.92 Å². The van der Waals surface area contributed by atoms with E-state index in [1.807, 2.05) is 0 Å². The second-order valence-electron chi connectivity index (χ2n) is 0.0833. The van der Waals surface area contributed by atoms with Gasteiger partial charge in [0, 0.05) is 23.9 Å². The number of rotatable bonds is 0. The second kappa shape index (κ2) is 9.48. The van der Waals surface area contributed by atoms with Crippen molar-refractivity contribution in [3.8, 4) is 0 Å². The van der Waals surface area contributed by atoms with Gasteiger partial charge in [-0.05, 0) is 0 Å². The molecule has 0 spiro atoms. The van der Waals surface area contributed by atoms with Gasteiger partial charge in [-0.3, -0.25) is 8.92 Å². The zero-order chi connectivity index (χ0) is 2.71. The summed E-state index contributed by atoms with van der Waals surface area (Å²) in [6, 6.07) is 0. The molecule has 0 aliphatic carbocycles. The second-order valence-corrected chi connectivity index (χ2v) is 0.250. The quantitative estimate of drug-likeness (QED) is 0.447. The Labute approximate surface area is 42.5 Å². The van der Waals surface area contributed by atoms with E-state index >= 15 is 0 Å². The van der Waals surface area contributed by atoms with E-state index in [0.717, 1.165) is 0 Å². The largest absolute Gasteiger partial charge is 0.549 e. The molecule has 0 aliphatic heterocycles. The van der Waals surface area contributed by atoms with Gasteiger partial charge in [0.05, 0.1) is 0 Å². The Morgan fingerprint density at radius 3 is 1.25 bits per heavy atom. The van der Waals surface area contributed by atoms with Gasteiger partial charge in [-0.25, -0.2) is 0 Å². The van der Waals surface area contributed by atoms with Crippen LogP contribution in [-0.4, -0.2) is 33.2 Å². The van der Waals surface area contributed by atoms with Gasteiger partial charge < -0.3 is 0 Å². The molecule has 4 heteroatoms. The third kappa shape index (κ3) is 18.0. The van der Waals surface area contributed by atoms with Crippen molar-refractivity contribution in [3.63, 3.8) is 0 Å². The maximum absolute atomic E-state index is 8.40. The molecule has 0 saturated heterocycles. The van der Waals surface area contributed by atoms with E-state index in [-0.39, 0.29) is 23.9 Å². The fourth-order valence-electron chi connectivity index (χ4n) is 0. The maximum Gasteiger partial charge on any atom is 0.549 e. The monoisotopic (exact) mass is 180 g/mol. The summed E-state index contributed by atoms with van der Waals surface area (Å²) < 4.78 is 16.8. The summed E-state index contributed by atoms with van der Waals surface area (Å²) in [4.78, 5) is 0. The first-order valence-corrected chi connectivity index (χ1v) is 1.22. The fourth-order valence-corrected chi connectivity index (χ4v) is 0. The van der Waals surface area contributed by atoms with Crippen LogP contribution in [0.4, 0.5) is 0 Å². The molecule has 0 atom stereocenters. The average molecular weight is 179 g/mol. The summed E-state index contributed by atoms with van der Waals surface area (Å²) in [6.07, 6.45) is 0. The first kappa shape index (κ1) is 8.82. The van der Waals surface area contributed by atoms with Crippen molar-refractivity contribution < 1.29 is 8.92 Å². The van der Waals surface area contributed by atoms with E-state index in [0.29, 0.717) is 0 Å². The van der Waals surface area contributed by atoms with Crippen LogP contribution in [0.3, 0.4) is 0 Å². The molecular weight excluding hydrogens is 179 g/mol. The van der Waals surface area contributed by atoms with E-state index in [1.54, 1.807) is 0 Å². The molecule has 4 heavy (non-hydrogen) atoms. The summed E-state index contributed by atoms with van der Waals surface area (Å²) in [6.45, 7) is 0. The average Bonchev–Trinajstić information content (AvgIpc) is 0.918. The van der Waals surface area contributed by atoms with Gasteiger partial charge in [0.15, 0.2) is 0 Å². The molecule has 4 radical (unpaired) electrons. The Morgan fingerprint density at radius 2 is 1.25 bits per heavy atom. The summed E-state index contributed by atoms with van der Waals surface area (Å²) in [7, 11) is -1.42. The molecule has 2 nitrogen and oxygen atoms in total. The molecule has 0 aromatic heterocycles. The number of hydrogen-bond acceptors (Lipinski definition) is 2. The molecule has 0 saturated carbocycles. The van der Waals surface area contributed by atoms with Gasteiger partial charge in [-0.1, -0.05) is 0 Å². The van der Waals surface area contributed by atoms with Crippen LogP contribution >= 0.6 is 0 Å². The van der Waals surface area contributed by atoms with Gasteiger partial charge in [0.25, 0.3) is 0 Å². The number of hydrogen-bond donors (Lipinski definition) is 0. The molecule has 0 aromatic carbocycles. The van der Waals surface area contributed by atoms with Crippen molar-refractivity contribution in [2.75, 3.05) is 0 Å². The smallest absolute Gasteiger partial charge is 0.274 e. The van der Waals surface area contributed by atoms with Crippen molar-refractivity contribution >= 4 is 33.2 Å². The summed E-state index contributed by atoms with van der Waals surface area (Å²) in [5.41, 5.74) is 0. The maximum atomic E-state index is 8.40. The third-order valence-electron chi connectivity index (χ3n) is 0. The van der Waals surface area contributed by atoms with Crippen molar-refractivity contribution in [3.05, 3.63) is 0 Å². The van der Waals surface area contributed by atoms with Crippen molar-refractivity contribution in [2.45, 2.75) is 0 Å². The summed E-state index contributed by atoms with van der Waals surface area (Å²) in [5.74, 6) is 0. The van der Waals surface area contributed by atoms with Crippen LogP contribution in [0.15, 0.2) is 0 Å². The van der Waals surface area contributed by atoms with Gasteiger partial charge in [-0.15, -0.1) is 0 Å². The van der Waals surface area contributed by atoms with Crippen LogP contribution in [0.5, 0.6) is 0 Å². The molecule has 0 N–H and O–H groups in total. The zero-order valence-electron chi connectivity index (χ0n) is 1.82. The Kier molecular flexibility index (Phi) is 20.9. The predicted octanol–water partition coefficient (Wildman–Crippen LogP) is -0.999. The normalized spacial score (nSPS) is 2.00. The standard InChI is InChI=1S/O2Si.Sn/c1-3-2;. The molecule has 0 amide bonds. The molecule has 0 rings (SSSR count). The van der Waals surface area contributed by atoms with E-state index in [4.69, 9.17) is 8.92 Å². The van der Waals surface area contributed by atoms with Gasteiger partial charge in [0.2, 0.25) is 0 Å². The topological polar surface area (TPSA) is 34.1 Å². The minimum atomic E-state index is -1.42. The van der Waals surface area contributed by atoms with E-state index in [1.165, 1.54) is 0 Å². The predicted molar refractivity (Wildman–Crippen MR) is 12.9 cm³/mol. The molecule has 20 valence electrons. The van der Waals surface area contributed by atoms with Crippen molar-refractivity contribution in [1.29, 1.82) is 0 Å². The van der Waals surface area contributed by atoms with Crippen LogP contribution in [0.2, 0.25) is 0 Å². The molecule has 0 bridgehead atoms. The molecule has 0 aliphatic rings. The van der Waals surface area contributed by atoms with Gasteiger partial charge in [-0.2, -0.15) is 0 Å². The van der Waals surface area contributed by atoms with Gasteiger partial charge in [0.1, 0.15) is 0 Å². The molecule has 0 unspecified atom stereocenters. The van der Waals surface area contributed by atoms with E-state index < -0.39 is 9.29 Å². The molecule has 0 heterocycles. The van der Waals surface area contributed by atoms with Crippen molar-refractivity contribution in [1.82, 2.24) is 0 Å².